The van der Waals surface area contributed by atoms with Gasteiger partial charge in [-0.1, -0.05) is 223 Å². The standard InChI is InChI=1S/C47H86O4/c1-3-5-7-9-11-13-15-17-18-19-20-21-22-23-24-25-26-27-28-29-31-33-35-37-39-41-43-50-45-46(44-48)51-47(49)42-40-38-36-34-32-30-16-14-12-10-8-6-4-2/h6,8,12,14,30,32,36,38,46,48H,3-5,7,9-11,13,15-29,31,33-35,37,39-45H2,1-2H3/b8-6-,14-12-,32-30-,38-36-. The molecular formula is C47H86O4. The van der Waals surface area contributed by atoms with Gasteiger partial charge in [0.1, 0.15) is 6.10 Å². The molecule has 0 aliphatic heterocycles. The Morgan fingerprint density at radius 3 is 1.22 bits per heavy atom. The van der Waals surface area contributed by atoms with E-state index < -0.39 is 6.10 Å². The van der Waals surface area contributed by atoms with Gasteiger partial charge in [0.15, 0.2) is 0 Å². The van der Waals surface area contributed by atoms with E-state index in [4.69, 9.17) is 9.47 Å². The van der Waals surface area contributed by atoms with E-state index in [2.05, 4.69) is 56.4 Å². The average molecular weight is 715 g/mol. The molecule has 0 amide bonds. The van der Waals surface area contributed by atoms with Crippen molar-refractivity contribution >= 4 is 5.97 Å². The summed E-state index contributed by atoms with van der Waals surface area (Å²) in [6, 6.07) is 0. The molecule has 1 unspecified atom stereocenters. The second-order valence-electron chi connectivity index (χ2n) is 14.7. The number of hydrogen-bond acceptors (Lipinski definition) is 4. The van der Waals surface area contributed by atoms with Crippen molar-refractivity contribution < 1.29 is 19.4 Å². The maximum absolute atomic E-state index is 12.1. The number of unbranched alkanes of at least 4 members (excludes halogenated alkanes) is 25. The van der Waals surface area contributed by atoms with Crippen LogP contribution in [0.1, 0.15) is 219 Å². The summed E-state index contributed by atoms with van der Waals surface area (Å²) in [5, 5.41) is 9.57. The van der Waals surface area contributed by atoms with Crippen LogP contribution >= 0.6 is 0 Å². The number of carbonyl (C=O) groups excluding carboxylic acids is 1. The minimum atomic E-state index is -0.570. The minimum Gasteiger partial charge on any atom is -0.457 e. The highest BCUT2D eigenvalue weighted by Crippen LogP contribution is 2.16. The van der Waals surface area contributed by atoms with Crippen molar-refractivity contribution in [2.75, 3.05) is 19.8 Å². The fourth-order valence-electron chi connectivity index (χ4n) is 6.40. The summed E-state index contributed by atoms with van der Waals surface area (Å²) >= 11 is 0. The number of aliphatic hydroxyl groups excluding tert-OH is 1. The van der Waals surface area contributed by atoms with Gasteiger partial charge < -0.3 is 14.6 Å². The first-order valence-electron chi connectivity index (χ1n) is 22.2. The topological polar surface area (TPSA) is 55.8 Å². The molecule has 0 aliphatic carbocycles. The molecule has 0 aliphatic rings. The van der Waals surface area contributed by atoms with Crippen molar-refractivity contribution in [3.63, 3.8) is 0 Å². The fourth-order valence-corrected chi connectivity index (χ4v) is 6.40. The van der Waals surface area contributed by atoms with Gasteiger partial charge in [0.25, 0.3) is 0 Å². The molecule has 1 N–H and O–H groups in total. The summed E-state index contributed by atoms with van der Waals surface area (Å²) in [6.07, 6.45) is 57.8. The molecule has 0 radical (unpaired) electrons. The molecule has 0 aromatic carbocycles. The first-order valence-corrected chi connectivity index (χ1v) is 22.2. The Hall–Kier alpha value is -1.65. The van der Waals surface area contributed by atoms with Gasteiger partial charge in [-0.2, -0.15) is 0 Å². The fraction of sp³-hybridized carbons (Fsp3) is 0.809. The van der Waals surface area contributed by atoms with Gasteiger partial charge in [0.2, 0.25) is 0 Å². The zero-order valence-corrected chi connectivity index (χ0v) is 34.1. The van der Waals surface area contributed by atoms with E-state index >= 15 is 0 Å². The zero-order chi connectivity index (χ0) is 37.0. The molecule has 0 aromatic rings. The highest BCUT2D eigenvalue weighted by atomic mass is 16.6. The van der Waals surface area contributed by atoms with Crippen LogP contribution in [-0.2, 0) is 14.3 Å². The molecule has 1 atom stereocenters. The Balaban J connectivity index is 3.39. The van der Waals surface area contributed by atoms with E-state index in [1.165, 1.54) is 161 Å². The van der Waals surface area contributed by atoms with E-state index in [0.29, 0.717) is 19.4 Å². The van der Waals surface area contributed by atoms with E-state index in [-0.39, 0.29) is 19.2 Å². The minimum absolute atomic E-state index is 0.199. The molecule has 51 heavy (non-hydrogen) atoms. The van der Waals surface area contributed by atoms with Gasteiger partial charge in [-0.15, -0.1) is 0 Å². The van der Waals surface area contributed by atoms with Crippen LogP contribution in [-0.4, -0.2) is 37.0 Å². The Bertz CT molecular complexity index is 798. The number of carbonyl (C=O) groups is 1. The summed E-state index contributed by atoms with van der Waals surface area (Å²) in [7, 11) is 0. The Morgan fingerprint density at radius 1 is 0.490 bits per heavy atom. The molecular weight excluding hydrogens is 629 g/mol. The van der Waals surface area contributed by atoms with Gasteiger partial charge in [0, 0.05) is 13.0 Å². The van der Waals surface area contributed by atoms with E-state index in [1.54, 1.807) is 0 Å². The summed E-state index contributed by atoms with van der Waals surface area (Å²) in [5.74, 6) is -0.277. The van der Waals surface area contributed by atoms with Crippen LogP contribution in [0.5, 0.6) is 0 Å². The smallest absolute Gasteiger partial charge is 0.306 e. The summed E-state index contributed by atoms with van der Waals surface area (Å²) in [6.45, 7) is 5.18. The molecule has 0 aromatic heterocycles. The molecule has 0 bridgehead atoms. The molecule has 4 heteroatoms. The van der Waals surface area contributed by atoms with Crippen molar-refractivity contribution in [2.24, 2.45) is 0 Å². The maximum atomic E-state index is 12.1. The predicted molar refractivity (Wildman–Crippen MR) is 223 cm³/mol. The lowest BCUT2D eigenvalue weighted by atomic mass is 10.0. The van der Waals surface area contributed by atoms with E-state index in [1.807, 2.05) is 6.08 Å². The average Bonchev–Trinajstić information content (AvgIpc) is 3.14. The molecule has 4 nitrogen and oxygen atoms in total. The second kappa shape index (κ2) is 44.5. The normalized spacial score (nSPS) is 12.8. The molecule has 0 saturated carbocycles. The van der Waals surface area contributed by atoms with Crippen LogP contribution in [0.25, 0.3) is 0 Å². The number of hydrogen-bond donors (Lipinski definition) is 1. The van der Waals surface area contributed by atoms with Crippen LogP contribution in [0.15, 0.2) is 48.6 Å². The number of esters is 1. The van der Waals surface area contributed by atoms with Gasteiger partial charge in [-0.05, 0) is 38.5 Å². The number of aliphatic hydroxyl groups is 1. The largest absolute Gasteiger partial charge is 0.457 e. The molecule has 0 heterocycles. The van der Waals surface area contributed by atoms with Crippen LogP contribution in [0.2, 0.25) is 0 Å². The van der Waals surface area contributed by atoms with Crippen LogP contribution in [0.4, 0.5) is 0 Å². The van der Waals surface area contributed by atoms with Crippen molar-refractivity contribution in [2.45, 2.75) is 225 Å². The third kappa shape index (κ3) is 42.7. The Labute approximate surface area is 318 Å². The third-order valence-electron chi connectivity index (χ3n) is 9.68. The van der Waals surface area contributed by atoms with Gasteiger partial charge in [-0.3, -0.25) is 4.79 Å². The van der Waals surface area contributed by atoms with E-state index in [9.17, 15) is 9.90 Å². The molecule has 0 fully saturated rings. The summed E-state index contributed by atoms with van der Waals surface area (Å²) in [5.41, 5.74) is 0. The third-order valence-corrected chi connectivity index (χ3v) is 9.68. The monoisotopic (exact) mass is 715 g/mol. The molecule has 0 spiro atoms. The number of allylic oxidation sites excluding steroid dienone is 8. The lowest BCUT2D eigenvalue weighted by Crippen LogP contribution is -2.27. The van der Waals surface area contributed by atoms with Crippen molar-refractivity contribution in [3.8, 4) is 0 Å². The maximum Gasteiger partial charge on any atom is 0.306 e. The summed E-state index contributed by atoms with van der Waals surface area (Å²) < 4.78 is 11.1. The van der Waals surface area contributed by atoms with Gasteiger partial charge >= 0.3 is 5.97 Å². The number of rotatable bonds is 41. The quantitative estimate of drug-likeness (QED) is 0.0389. The lowest BCUT2D eigenvalue weighted by Gasteiger charge is -2.15. The van der Waals surface area contributed by atoms with E-state index in [0.717, 1.165) is 32.1 Å². The van der Waals surface area contributed by atoms with Crippen molar-refractivity contribution in [3.05, 3.63) is 48.6 Å². The lowest BCUT2D eigenvalue weighted by molar-refractivity contribution is -0.154. The first-order chi connectivity index (χ1) is 25.2. The SMILES string of the molecule is CC/C=C\C/C=C\C/C=C\C/C=C\CCC(=O)OC(CO)COCCCCCCCCCCCCCCCCCCCCCCCCCCCC. The zero-order valence-electron chi connectivity index (χ0n) is 34.1. The Kier molecular flexibility index (Phi) is 43.1. The number of ether oxygens (including phenoxy) is 2. The summed E-state index contributed by atoms with van der Waals surface area (Å²) in [4.78, 5) is 12.1. The molecule has 298 valence electrons. The Morgan fingerprint density at radius 2 is 0.843 bits per heavy atom. The van der Waals surface area contributed by atoms with Crippen molar-refractivity contribution in [1.82, 2.24) is 0 Å². The van der Waals surface area contributed by atoms with Crippen molar-refractivity contribution in [1.29, 1.82) is 0 Å². The van der Waals surface area contributed by atoms with Crippen LogP contribution in [0, 0.1) is 0 Å². The van der Waals surface area contributed by atoms with Gasteiger partial charge in [-0.25, -0.2) is 0 Å². The molecule has 0 saturated heterocycles. The predicted octanol–water partition coefficient (Wildman–Crippen LogP) is 14.7. The van der Waals surface area contributed by atoms with Crippen LogP contribution in [0.3, 0.4) is 0 Å². The van der Waals surface area contributed by atoms with Gasteiger partial charge in [0.05, 0.1) is 13.2 Å². The highest BCUT2D eigenvalue weighted by Gasteiger charge is 2.13. The second-order valence-corrected chi connectivity index (χ2v) is 14.7. The highest BCUT2D eigenvalue weighted by molar-refractivity contribution is 5.69. The molecule has 0 rings (SSSR count). The van der Waals surface area contributed by atoms with Crippen LogP contribution < -0.4 is 0 Å². The first kappa shape index (κ1) is 49.4.